The molecule has 1 rings (SSSR count). The number of rotatable bonds is 6. The Balaban J connectivity index is 2.43. The Morgan fingerprint density at radius 1 is 1.69 bits per heavy atom. The van der Waals surface area contributed by atoms with Gasteiger partial charge in [0.1, 0.15) is 10.8 Å². The summed E-state index contributed by atoms with van der Waals surface area (Å²) in [5, 5.41) is 14.6. The smallest absolute Gasteiger partial charge is 0.140 e. The summed E-state index contributed by atoms with van der Waals surface area (Å²) < 4.78 is 0. The van der Waals surface area contributed by atoms with Crippen LogP contribution in [0.5, 0.6) is 0 Å². The summed E-state index contributed by atoms with van der Waals surface area (Å²) >= 11 is 1.67. The second kappa shape index (κ2) is 6.44. The minimum atomic E-state index is 0.272. The third-order valence-electron chi connectivity index (χ3n) is 2.29. The van der Waals surface area contributed by atoms with Gasteiger partial charge in [-0.3, -0.25) is 4.90 Å². The molecule has 5 nitrogen and oxygen atoms in total. The summed E-state index contributed by atoms with van der Waals surface area (Å²) in [7, 11) is 0. The van der Waals surface area contributed by atoms with Crippen molar-refractivity contribution in [1.29, 1.82) is 0 Å². The van der Waals surface area contributed by atoms with E-state index in [4.69, 9.17) is 10.9 Å². The van der Waals surface area contributed by atoms with Gasteiger partial charge in [0, 0.05) is 24.0 Å². The molecule has 0 saturated carbocycles. The maximum Gasteiger partial charge on any atom is 0.140 e. The monoisotopic (exact) mass is 242 g/mol. The largest absolute Gasteiger partial charge is 0.409 e. The summed E-state index contributed by atoms with van der Waals surface area (Å²) in [6.07, 6.45) is 0.578. The van der Waals surface area contributed by atoms with Crippen molar-refractivity contribution in [3.63, 3.8) is 0 Å². The van der Waals surface area contributed by atoms with Crippen LogP contribution < -0.4 is 5.73 Å². The second-order valence-corrected chi connectivity index (χ2v) is 4.54. The van der Waals surface area contributed by atoms with Crippen LogP contribution in [0.25, 0.3) is 0 Å². The van der Waals surface area contributed by atoms with Crippen molar-refractivity contribution >= 4 is 17.2 Å². The Morgan fingerprint density at radius 3 is 2.94 bits per heavy atom. The number of oxime groups is 1. The third kappa shape index (κ3) is 4.16. The zero-order valence-electron chi connectivity index (χ0n) is 9.68. The predicted molar refractivity (Wildman–Crippen MR) is 65.8 cm³/mol. The fourth-order valence-corrected chi connectivity index (χ4v) is 2.15. The van der Waals surface area contributed by atoms with E-state index < -0.39 is 0 Å². The molecule has 0 saturated heterocycles. The summed E-state index contributed by atoms with van der Waals surface area (Å²) in [4.78, 5) is 6.63. The molecule has 0 aliphatic rings. The van der Waals surface area contributed by atoms with Crippen LogP contribution in [0.2, 0.25) is 0 Å². The van der Waals surface area contributed by atoms with Crippen molar-refractivity contribution in [2.24, 2.45) is 10.9 Å². The molecule has 0 aliphatic carbocycles. The van der Waals surface area contributed by atoms with Crippen molar-refractivity contribution in [3.8, 4) is 0 Å². The van der Waals surface area contributed by atoms with Crippen molar-refractivity contribution < 1.29 is 5.21 Å². The molecule has 0 fully saturated rings. The highest BCUT2D eigenvalue weighted by molar-refractivity contribution is 7.09. The summed E-state index contributed by atoms with van der Waals surface area (Å²) in [5.74, 6) is 0.272. The number of hydrogen-bond donors (Lipinski definition) is 2. The van der Waals surface area contributed by atoms with Gasteiger partial charge < -0.3 is 10.9 Å². The van der Waals surface area contributed by atoms with Gasteiger partial charge in [-0.25, -0.2) is 4.98 Å². The van der Waals surface area contributed by atoms with Gasteiger partial charge >= 0.3 is 0 Å². The fourth-order valence-electron chi connectivity index (χ4n) is 1.34. The van der Waals surface area contributed by atoms with E-state index in [-0.39, 0.29) is 5.84 Å². The van der Waals surface area contributed by atoms with Crippen molar-refractivity contribution in [2.75, 3.05) is 13.1 Å². The molecule has 6 heteroatoms. The number of amidine groups is 1. The average molecular weight is 242 g/mol. The molecule has 0 aromatic carbocycles. The van der Waals surface area contributed by atoms with Gasteiger partial charge in [-0.15, -0.1) is 11.3 Å². The van der Waals surface area contributed by atoms with Crippen molar-refractivity contribution in [2.45, 2.75) is 26.8 Å². The van der Waals surface area contributed by atoms with Crippen LogP contribution in [0, 0.1) is 6.92 Å². The molecule has 16 heavy (non-hydrogen) atoms. The van der Waals surface area contributed by atoms with Crippen LogP contribution in [0.1, 0.15) is 24.0 Å². The normalized spacial score (nSPS) is 12.3. The van der Waals surface area contributed by atoms with Crippen LogP contribution in [0.15, 0.2) is 10.5 Å². The Labute approximate surface area is 99.6 Å². The first-order valence-corrected chi connectivity index (χ1v) is 6.13. The minimum Gasteiger partial charge on any atom is -0.409 e. The molecule has 0 amide bonds. The molecule has 90 valence electrons. The lowest BCUT2D eigenvalue weighted by Gasteiger charge is -2.18. The molecule has 1 heterocycles. The molecular weight excluding hydrogens is 224 g/mol. The van der Waals surface area contributed by atoms with Gasteiger partial charge in [-0.1, -0.05) is 12.1 Å². The maximum atomic E-state index is 8.45. The first-order valence-electron chi connectivity index (χ1n) is 5.25. The molecule has 1 aromatic heterocycles. The SMILES string of the molecule is CCN(CCC(N)=NO)Cc1nc(C)cs1. The molecule has 0 spiro atoms. The van der Waals surface area contributed by atoms with E-state index in [1.54, 1.807) is 11.3 Å². The number of aromatic nitrogens is 1. The summed E-state index contributed by atoms with van der Waals surface area (Å²) in [6.45, 7) is 6.62. The second-order valence-electron chi connectivity index (χ2n) is 3.59. The number of thiazole rings is 1. The van der Waals surface area contributed by atoms with E-state index in [9.17, 15) is 0 Å². The molecule has 0 unspecified atom stereocenters. The van der Waals surface area contributed by atoms with Crippen LogP contribution in [0.4, 0.5) is 0 Å². The van der Waals surface area contributed by atoms with Gasteiger partial charge in [0.05, 0.1) is 6.54 Å². The van der Waals surface area contributed by atoms with Gasteiger partial charge in [0.2, 0.25) is 0 Å². The third-order valence-corrected chi connectivity index (χ3v) is 3.24. The molecular formula is C10H18N4OS. The van der Waals surface area contributed by atoms with Gasteiger partial charge in [0.25, 0.3) is 0 Å². The molecule has 0 aliphatic heterocycles. The van der Waals surface area contributed by atoms with Crippen LogP contribution in [0.3, 0.4) is 0 Å². The quantitative estimate of drug-likeness (QED) is 0.342. The highest BCUT2D eigenvalue weighted by Crippen LogP contribution is 2.11. The Hall–Kier alpha value is -1.14. The molecule has 3 N–H and O–H groups in total. The first kappa shape index (κ1) is 12.9. The molecule has 1 aromatic rings. The fraction of sp³-hybridized carbons (Fsp3) is 0.600. The summed E-state index contributed by atoms with van der Waals surface area (Å²) in [6, 6.07) is 0. The molecule has 0 bridgehead atoms. The Kier molecular flexibility index (Phi) is 5.21. The number of nitrogens with zero attached hydrogens (tertiary/aromatic N) is 3. The van der Waals surface area contributed by atoms with Crippen molar-refractivity contribution in [3.05, 3.63) is 16.1 Å². The van der Waals surface area contributed by atoms with Gasteiger partial charge in [0.15, 0.2) is 0 Å². The van der Waals surface area contributed by atoms with E-state index in [1.807, 2.05) is 12.3 Å². The zero-order chi connectivity index (χ0) is 12.0. The van der Waals surface area contributed by atoms with Crippen LogP contribution in [-0.2, 0) is 6.54 Å². The van der Waals surface area contributed by atoms with Crippen molar-refractivity contribution in [1.82, 2.24) is 9.88 Å². The standard InChI is InChI=1S/C10H18N4OS/c1-3-14(5-4-9(11)13-15)6-10-12-8(2)7-16-10/h7,15H,3-6H2,1-2H3,(H2,11,13). The Morgan fingerprint density at radius 2 is 2.44 bits per heavy atom. The van der Waals surface area contributed by atoms with Crippen LogP contribution >= 0.6 is 11.3 Å². The van der Waals surface area contributed by atoms with E-state index in [2.05, 4.69) is 22.0 Å². The lowest BCUT2D eigenvalue weighted by molar-refractivity contribution is 0.282. The lowest BCUT2D eigenvalue weighted by atomic mass is 10.3. The minimum absolute atomic E-state index is 0.272. The number of hydrogen-bond acceptors (Lipinski definition) is 5. The number of aryl methyl sites for hydroxylation is 1. The van der Waals surface area contributed by atoms with Gasteiger partial charge in [-0.05, 0) is 13.5 Å². The maximum absolute atomic E-state index is 8.45. The van der Waals surface area contributed by atoms with Gasteiger partial charge in [-0.2, -0.15) is 0 Å². The van der Waals surface area contributed by atoms with E-state index in [1.165, 1.54) is 0 Å². The molecule has 0 atom stereocenters. The first-order chi connectivity index (χ1) is 7.65. The highest BCUT2D eigenvalue weighted by Gasteiger charge is 2.07. The average Bonchev–Trinajstić information content (AvgIpc) is 2.69. The molecule has 0 radical (unpaired) electrons. The summed E-state index contributed by atoms with van der Waals surface area (Å²) in [5.41, 5.74) is 6.50. The van der Waals surface area contributed by atoms with E-state index >= 15 is 0 Å². The highest BCUT2D eigenvalue weighted by atomic mass is 32.1. The van der Waals surface area contributed by atoms with E-state index in [0.717, 1.165) is 30.3 Å². The lowest BCUT2D eigenvalue weighted by Crippen LogP contribution is -2.27. The predicted octanol–water partition coefficient (Wildman–Crippen LogP) is 1.41. The Bertz CT molecular complexity index is 350. The zero-order valence-corrected chi connectivity index (χ0v) is 10.5. The van der Waals surface area contributed by atoms with Crippen LogP contribution in [-0.4, -0.2) is 34.0 Å². The topological polar surface area (TPSA) is 74.7 Å². The van der Waals surface area contributed by atoms with E-state index in [0.29, 0.717) is 6.42 Å². The number of nitrogens with two attached hydrogens (primary N) is 1.